The van der Waals surface area contributed by atoms with Crippen LogP contribution in [0.5, 0.6) is 0 Å². The predicted molar refractivity (Wildman–Crippen MR) is 76.4 cm³/mol. The molecule has 0 fully saturated rings. The largest absolute Gasteiger partial charge is 0.450 e. The van der Waals surface area contributed by atoms with Gasteiger partial charge in [-0.25, -0.2) is 4.79 Å². The maximum atomic E-state index is 12.2. The molecule has 0 N–H and O–H groups in total. The van der Waals surface area contributed by atoms with Gasteiger partial charge in [0.2, 0.25) is 0 Å². The Balaban J connectivity index is 2.01. The summed E-state index contributed by atoms with van der Waals surface area (Å²) >= 11 is 0. The molecule has 0 spiro atoms. The first-order valence-corrected chi connectivity index (χ1v) is 6.94. The van der Waals surface area contributed by atoms with E-state index in [0.717, 1.165) is 17.8 Å². The van der Waals surface area contributed by atoms with Crippen LogP contribution in [0.25, 0.3) is 0 Å². The van der Waals surface area contributed by atoms with Crippen LogP contribution in [0.4, 0.5) is 4.79 Å². The Morgan fingerprint density at radius 2 is 2.00 bits per heavy atom. The Morgan fingerprint density at radius 3 is 2.75 bits per heavy atom. The number of nitrogens with zero attached hydrogens (tertiary/aromatic N) is 2. The normalized spacial score (nSPS) is 17.6. The number of rotatable bonds is 2. The number of hydrogen-bond acceptors (Lipinski definition) is 2. The third-order valence-electron chi connectivity index (χ3n) is 3.66. The van der Waals surface area contributed by atoms with Crippen LogP contribution in [-0.2, 0) is 11.3 Å². The summed E-state index contributed by atoms with van der Waals surface area (Å²) < 4.78 is 7.40. The highest BCUT2D eigenvalue weighted by Gasteiger charge is 2.32. The first-order chi connectivity index (χ1) is 9.81. The number of carbonyl (C=O) groups is 1. The zero-order valence-corrected chi connectivity index (χ0v) is 11.5. The second-order valence-electron chi connectivity index (χ2n) is 4.83. The number of benzene rings is 1. The van der Waals surface area contributed by atoms with Crippen LogP contribution in [0.2, 0.25) is 0 Å². The Bertz CT molecular complexity index is 592. The molecule has 0 saturated carbocycles. The molecule has 0 radical (unpaired) electrons. The lowest BCUT2D eigenvalue weighted by molar-refractivity contribution is 0.0871. The monoisotopic (exact) mass is 270 g/mol. The van der Waals surface area contributed by atoms with E-state index in [1.165, 1.54) is 0 Å². The summed E-state index contributed by atoms with van der Waals surface area (Å²) in [5.41, 5.74) is 2.25. The van der Waals surface area contributed by atoms with Gasteiger partial charge in [-0.3, -0.25) is 4.90 Å². The van der Waals surface area contributed by atoms with Crippen molar-refractivity contribution in [2.45, 2.75) is 19.5 Å². The molecule has 2 heterocycles. The fourth-order valence-corrected chi connectivity index (χ4v) is 2.77. The maximum absolute atomic E-state index is 12.2. The van der Waals surface area contributed by atoms with Gasteiger partial charge in [0, 0.05) is 25.0 Å². The van der Waals surface area contributed by atoms with E-state index in [4.69, 9.17) is 4.74 Å². The maximum Gasteiger partial charge on any atom is 0.410 e. The van der Waals surface area contributed by atoms with Crippen LogP contribution in [0, 0.1) is 0 Å². The Kier molecular flexibility index (Phi) is 3.46. The van der Waals surface area contributed by atoms with Gasteiger partial charge in [0.1, 0.15) is 6.04 Å². The van der Waals surface area contributed by atoms with Crippen molar-refractivity contribution >= 4 is 6.09 Å². The van der Waals surface area contributed by atoms with Crippen LogP contribution in [0.3, 0.4) is 0 Å². The molecule has 1 aliphatic heterocycles. The average Bonchev–Trinajstić information content (AvgIpc) is 2.95. The van der Waals surface area contributed by atoms with Crippen molar-refractivity contribution in [3.05, 3.63) is 59.9 Å². The summed E-state index contributed by atoms with van der Waals surface area (Å²) in [6, 6.07) is 14.1. The number of aromatic nitrogens is 1. The van der Waals surface area contributed by atoms with E-state index in [2.05, 4.69) is 29.0 Å². The molecule has 20 heavy (non-hydrogen) atoms. The summed E-state index contributed by atoms with van der Waals surface area (Å²) in [6.07, 6.45) is 1.82. The van der Waals surface area contributed by atoms with Crippen LogP contribution < -0.4 is 0 Å². The lowest BCUT2D eigenvalue weighted by Gasteiger charge is -2.36. The lowest BCUT2D eigenvalue weighted by atomic mass is 10.0. The van der Waals surface area contributed by atoms with E-state index >= 15 is 0 Å². The van der Waals surface area contributed by atoms with Gasteiger partial charge in [0.25, 0.3) is 0 Å². The SMILES string of the molecule is CCOC(=O)N1CCn2cccc2C1c1ccccc1. The number of hydrogen-bond donors (Lipinski definition) is 0. The Hall–Kier alpha value is -2.23. The van der Waals surface area contributed by atoms with Crippen molar-refractivity contribution in [2.75, 3.05) is 13.2 Å². The van der Waals surface area contributed by atoms with Crippen molar-refractivity contribution in [1.29, 1.82) is 0 Å². The summed E-state index contributed by atoms with van der Waals surface area (Å²) in [7, 11) is 0. The minimum absolute atomic E-state index is 0.0704. The number of fused-ring (bicyclic) bond motifs is 1. The first-order valence-electron chi connectivity index (χ1n) is 6.94. The van der Waals surface area contributed by atoms with Crippen molar-refractivity contribution < 1.29 is 9.53 Å². The second kappa shape index (κ2) is 5.41. The fourth-order valence-electron chi connectivity index (χ4n) is 2.77. The summed E-state index contributed by atoms with van der Waals surface area (Å²) in [6.45, 7) is 3.71. The van der Waals surface area contributed by atoms with Gasteiger partial charge in [-0.15, -0.1) is 0 Å². The first kappa shape index (κ1) is 12.8. The number of ether oxygens (including phenoxy) is 1. The molecule has 1 atom stereocenters. The van der Waals surface area contributed by atoms with Gasteiger partial charge in [-0.1, -0.05) is 30.3 Å². The van der Waals surface area contributed by atoms with Gasteiger partial charge in [0.05, 0.1) is 6.61 Å². The average molecular weight is 270 g/mol. The Morgan fingerprint density at radius 1 is 1.20 bits per heavy atom. The molecule has 4 nitrogen and oxygen atoms in total. The van der Waals surface area contributed by atoms with Crippen molar-refractivity contribution in [3.8, 4) is 0 Å². The van der Waals surface area contributed by atoms with Crippen LogP contribution >= 0.6 is 0 Å². The minimum Gasteiger partial charge on any atom is -0.450 e. The van der Waals surface area contributed by atoms with E-state index in [0.29, 0.717) is 13.2 Å². The van der Waals surface area contributed by atoms with Crippen LogP contribution in [0.15, 0.2) is 48.7 Å². The number of carbonyl (C=O) groups excluding carboxylic acids is 1. The van der Waals surface area contributed by atoms with Gasteiger partial charge >= 0.3 is 6.09 Å². The third kappa shape index (κ3) is 2.18. The van der Waals surface area contributed by atoms with Gasteiger partial charge < -0.3 is 9.30 Å². The summed E-state index contributed by atoms with van der Waals surface area (Å²) in [4.78, 5) is 14.0. The second-order valence-corrected chi connectivity index (χ2v) is 4.83. The highest BCUT2D eigenvalue weighted by Crippen LogP contribution is 2.32. The molecule has 0 saturated heterocycles. The number of amides is 1. The molecule has 1 amide bonds. The van der Waals surface area contributed by atoms with Crippen molar-refractivity contribution in [1.82, 2.24) is 9.47 Å². The molecule has 104 valence electrons. The van der Waals surface area contributed by atoms with Gasteiger partial charge in [-0.05, 0) is 24.6 Å². The van der Waals surface area contributed by atoms with Crippen molar-refractivity contribution in [2.24, 2.45) is 0 Å². The van der Waals surface area contributed by atoms with E-state index in [-0.39, 0.29) is 12.1 Å². The van der Waals surface area contributed by atoms with E-state index < -0.39 is 0 Å². The zero-order chi connectivity index (χ0) is 13.9. The molecule has 0 bridgehead atoms. The molecule has 4 heteroatoms. The fraction of sp³-hybridized carbons (Fsp3) is 0.312. The third-order valence-corrected chi connectivity index (χ3v) is 3.66. The predicted octanol–water partition coefficient (Wildman–Crippen LogP) is 3.05. The highest BCUT2D eigenvalue weighted by molar-refractivity contribution is 5.69. The molecular weight excluding hydrogens is 252 g/mol. The molecule has 1 aromatic carbocycles. The topological polar surface area (TPSA) is 34.5 Å². The molecule has 2 aromatic rings. The summed E-state index contributed by atoms with van der Waals surface area (Å²) in [5.74, 6) is 0. The van der Waals surface area contributed by atoms with E-state index in [1.54, 1.807) is 0 Å². The standard InChI is InChI=1S/C16H18N2O2/c1-2-20-16(19)18-12-11-17-10-6-9-14(17)15(18)13-7-4-3-5-8-13/h3-10,15H,2,11-12H2,1H3. The molecule has 1 aliphatic rings. The molecule has 0 aliphatic carbocycles. The zero-order valence-electron chi connectivity index (χ0n) is 11.5. The van der Waals surface area contributed by atoms with Crippen molar-refractivity contribution in [3.63, 3.8) is 0 Å². The highest BCUT2D eigenvalue weighted by atomic mass is 16.6. The van der Waals surface area contributed by atoms with Gasteiger partial charge in [0.15, 0.2) is 0 Å². The van der Waals surface area contributed by atoms with Gasteiger partial charge in [-0.2, -0.15) is 0 Å². The molecule has 3 rings (SSSR count). The smallest absolute Gasteiger partial charge is 0.410 e. The molecule has 1 aromatic heterocycles. The Labute approximate surface area is 118 Å². The quantitative estimate of drug-likeness (QED) is 0.840. The molecular formula is C16H18N2O2. The molecule has 1 unspecified atom stereocenters. The minimum atomic E-state index is -0.242. The summed E-state index contributed by atoms with van der Waals surface area (Å²) in [5, 5.41) is 0. The van der Waals surface area contributed by atoms with Crippen LogP contribution in [0.1, 0.15) is 24.2 Å². The lowest BCUT2D eigenvalue weighted by Crippen LogP contribution is -2.42. The van der Waals surface area contributed by atoms with E-state index in [9.17, 15) is 4.79 Å². The van der Waals surface area contributed by atoms with Crippen LogP contribution in [-0.4, -0.2) is 28.7 Å². The van der Waals surface area contributed by atoms with E-state index in [1.807, 2.05) is 36.1 Å².